The number of nitrogens with zero attached hydrogens (tertiary/aromatic N) is 4. The first kappa shape index (κ1) is 20.0. The predicted octanol–water partition coefficient (Wildman–Crippen LogP) is 2.18. The van der Waals surface area contributed by atoms with Gasteiger partial charge < -0.3 is 14.3 Å². The molecule has 1 aliphatic rings. The third-order valence-electron chi connectivity index (χ3n) is 4.81. The van der Waals surface area contributed by atoms with E-state index in [1.165, 1.54) is 12.1 Å². The average Bonchev–Trinajstić information content (AvgIpc) is 3.17. The summed E-state index contributed by atoms with van der Waals surface area (Å²) in [4.78, 5) is 32.6. The molecule has 0 unspecified atom stereocenters. The standard InChI is InChI=1S/C20H25FN4O3/c1-14(2)20-22-17(28-23-20)7-8-18(26)24-9-11-25(12-10-24)19(27)13-15-3-5-16(21)6-4-15/h3-6,14H,7-13H2,1-2H3. The summed E-state index contributed by atoms with van der Waals surface area (Å²) in [5.41, 5.74) is 0.783. The second-order valence-corrected chi connectivity index (χ2v) is 7.27. The normalized spacial score (nSPS) is 14.6. The van der Waals surface area contributed by atoms with Crippen molar-refractivity contribution in [3.63, 3.8) is 0 Å². The molecule has 2 aromatic rings. The van der Waals surface area contributed by atoms with Crippen LogP contribution in [0.15, 0.2) is 28.8 Å². The molecular weight excluding hydrogens is 363 g/mol. The van der Waals surface area contributed by atoms with Gasteiger partial charge in [-0.3, -0.25) is 9.59 Å². The van der Waals surface area contributed by atoms with E-state index in [1.54, 1.807) is 21.9 Å². The fourth-order valence-electron chi connectivity index (χ4n) is 3.07. The van der Waals surface area contributed by atoms with Crippen LogP contribution in [0, 0.1) is 5.82 Å². The fourth-order valence-corrected chi connectivity index (χ4v) is 3.07. The first-order valence-corrected chi connectivity index (χ1v) is 9.55. The van der Waals surface area contributed by atoms with E-state index >= 15 is 0 Å². The van der Waals surface area contributed by atoms with Crippen LogP contribution in [-0.2, 0) is 22.4 Å². The van der Waals surface area contributed by atoms with Gasteiger partial charge in [-0.15, -0.1) is 0 Å². The van der Waals surface area contributed by atoms with Crippen LogP contribution in [0.1, 0.15) is 43.5 Å². The molecule has 2 heterocycles. The Morgan fingerprint density at radius 3 is 2.25 bits per heavy atom. The summed E-state index contributed by atoms with van der Waals surface area (Å²) in [5.74, 6) is 1.01. The molecule has 0 radical (unpaired) electrons. The van der Waals surface area contributed by atoms with Gasteiger partial charge >= 0.3 is 0 Å². The molecule has 1 saturated heterocycles. The first-order chi connectivity index (χ1) is 13.4. The molecule has 28 heavy (non-hydrogen) atoms. The monoisotopic (exact) mass is 388 g/mol. The minimum absolute atomic E-state index is 0.00854. The van der Waals surface area contributed by atoms with Crippen molar-refractivity contribution in [3.05, 3.63) is 47.4 Å². The highest BCUT2D eigenvalue weighted by Gasteiger charge is 2.24. The van der Waals surface area contributed by atoms with Crippen molar-refractivity contribution in [1.82, 2.24) is 19.9 Å². The molecule has 0 atom stereocenters. The number of carbonyl (C=O) groups excluding carboxylic acids is 2. The Hall–Kier alpha value is -2.77. The Morgan fingerprint density at radius 1 is 1.07 bits per heavy atom. The predicted molar refractivity (Wildman–Crippen MR) is 100.0 cm³/mol. The fraction of sp³-hybridized carbons (Fsp3) is 0.500. The van der Waals surface area contributed by atoms with Crippen LogP contribution in [0.2, 0.25) is 0 Å². The molecule has 0 saturated carbocycles. The molecule has 0 bridgehead atoms. The van der Waals surface area contributed by atoms with Gasteiger partial charge in [-0.2, -0.15) is 4.98 Å². The van der Waals surface area contributed by atoms with Crippen molar-refractivity contribution < 1.29 is 18.5 Å². The maximum Gasteiger partial charge on any atom is 0.227 e. The molecule has 8 heteroatoms. The minimum Gasteiger partial charge on any atom is -0.339 e. The summed E-state index contributed by atoms with van der Waals surface area (Å²) in [6.07, 6.45) is 0.967. The van der Waals surface area contributed by atoms with Crippen molar-refractivity contribution in [1.29, 1.82) is 0 Å². The number of aromatic nitrogens is 2. The van der Waals surface area contributed by atoms with Crippen molar-refractivity contribution in [2.75, 3.05) is 26.2 Å². The van der Waals surface area contributed by atoms with Gasteiger partial charge in [0.25, 0.3) is 0 Å². The van der Waals surface area contributed by atoms with E-state index < -0.39 is 0 Å². The molecule has 0 aliphatic carbocycles. The zero-order valence-corrected chi connectivity index (χ0v) is 16.2. The highest BCUT2D eigenvalue weighted by Crippen LogP contribution is 2.12. The number of rotatable bonds is 6. The Labute approximate surface area is 163 Å². The molecule has 1 fully saturated rings. The first-order valence-electron chi connectivity index (χ1n) is 9.55. The quantitative estimate of drug-likeness (QED) is 0.758. The molecule has 3 rings (SSSR count). The van der Waals surface area contributed by atoms with Crippen LogP contribution < -0.4 is 0 Å². The highest BCUT2D eigenvalue weighted by molar-refractivity contribution is 5.80. The van der Waals surface area contributed by atoms with Gasteiger partial charge in [-0.05, 0) is 17.7 Å². The van der Waals surface area contributed by atoms with Crippen LogP contribution in [0.3, 0.4) is 0 Å². The van der Waals surface area contributed by atoms with E-state index in [-0.39, 0.29) is 30.0 Å². The largest absolute Gasteiger partial charge is 0.339 e. The molecule has 1 aliphatic heterocycles. The Balaban J connectivity index is 1.43. The molecule has 150 valence electrons. The van der Waals surface area contributed by atoms with E-state index in [9.17, 15) is 14.0 Å². The van der Waals surface area contributed by atoms with Crippen molar-refractivity contribution >= 4 is 11.8 Å². The summed E-state index contributed by atoms with van der Waals surface area (Å²) in [6.45, 7) is 5.99. The van der Waals surface area contributed by atoms with E-state index in [1.807, 2.05) is 13.8 Å². The topological polar surface area (TPSA) is 79.5 Å². The molecule has 0 spiro atoms. The maximum absolute atomic E-state index is 13.0. The second kappa shape index (κ2) is 8.95. The van der Waals surface area contributed by atoms with Crippen molar-refractivity contribution in [2.24, 2.45) is 0 Å². The summed E-state index contributed by atoms with van der Waals surface area (Å²) >= 11 is 0. The average molecular weight is 388 g/mol. The number of piperazine rings is 1. The van der Waals surface area contributed by atoms with Gasteiger partial charge in [0.15, 0.2) is 5.82 Å². The summed E-state index contributed by atoms with van der Waals surface area (Å²) in [6, 6.07) is 5.95. The van der Waals surface area contributed by atoms with Crippen molar-refractivity contribution in [3.8, 4) is 0 Å². The van der Waals surface area contributed by atoms with Gasteiger partial charge in [0.05, 0.1) is 6.42 Å². The maximum atomic E-state index is 13.0. The number of hydrogen-bond donors (Lipinski definition) is 0. The molecule has 0 N–H and O–H groups in total. The van der Waals surface area contributed by atoms with Crippen LogP contribution >= 0.6 is 0 Å². The van der Waals surface area contributed by atoms with Gasteiger partial charge in [0.2, 0.25) is 17.7 Å². The Morgan fingerprint density at radius 2 is 1.68 bits per heavy atom. The third-order valence-corrected chi connectivity index (χ3v) is 4.81. The lowest BCUT2D eigenvalue weighted by atomic mass is 10.1. The third kappa shape index (κ3) is 5.15. The number of halogens is 1. The van der Waals surface area contributed by atoms with Gasteiger partial charge in [0.1, 0.15) is 5.82 Å². The zero-order valence-electron chi connectivity index (χ0n) is 16.2. The van der Waals surface area contributed by atoms with E-state index in [0.29, 0.717) is 50.7 Å². The van der Waals surface area contributed by atoms with Crippen LogP contribution in [-0.4, -0.2) is 57.9 Å². The van der Waals surface area contributed by atoms with Crippen LogP contribution in [0.4, 0.5) is 4.39 Å². The molecule has 1 aromatic carbocycles. The van der Waals surface area contributed by atoms with Crippen LogP contribution in [0.25, 0.3) is 0 Å². The molecule has 7 nitrogen and oxygen atoms in total. The summed E-state index contributed by atoms with van der Waals surface area (Å²) in [5, 5.41) is 3.90. The summed E-state index contributed by atoms with van der Waals surface area (Å²) < 4.78 is 18.1. The highest BCUT2D eigenvalue weighted by atomic mass is 19.1. The number of hydrogen-bond acceptors (Lipinski definition) is 5. The summed E-state index contributed by atoms with van der Waals surface area (Å²) in [7, 11) is 0. The smallest absolute Gasteiger partial charge is 0.227 e. The lowest BCUT2D eigenvalue weighted by Crippen LogP contribution is -2.51. The van der Waals surface area contributed by atoms with Gasteiger partial charge in [-0.1, -0.05) is 31.1 Å². The van der Waals surface area contributed by atoms with Gasteiger partial charge in [0, 0.05) is 44.9 Å². The number of benzene rings is 1. The van der Waals surface area contributed by atoms with E-state index in [4.69, 9.17) is 4.52 Å². The SMILES string of the molecule is CC(C)c1noc(CCC(=O)N2CCN(C(=O)Cc3ccc(F)cc3)CC2)n1. The number of amides is 2. The van der Waals surface area contributed by atoms with E-state index in [0.717, 1.165) is 5.56 Å². The van der Waals surface area contributed by atoms with E-state index in [2.05, 4.69) is 10.1 Å². The molecular formula is C20H25FN4O3. The van der Waals surface area contributed by atoms with Crippen molar-refractivity contribution in [2.45, 2.75) is 39.0 Å². The van der Waals surface area contributed by atoms with Gasteiger partial charge in [-0.25, -0.2) is 4.39 Å². The molecule has 1 aromatic heterocycles. The minimum atomic E-state index is -0.315. The zero-order chi connectivity index (χ0) is 20.1. The number of aryl methyl sites for hydroxylation is 1. The second-order valence-electron chi connectivity index (χ2n) is 7.27. The Kier molecular flexibility index (Phi) is 6.38. The lowest BCUT2D eigenvalue weighted by Gasteiger charge is -2.35. The van der Waals surface area contributed by atoms with Crippen LogP contribution in [0.5, 0.6) is 0 Å². The Bertz CT molecular complexity index is 811. The lowest BCUT2D eigenvalue weighted by molar-refractivity contribution is -0.139. The number of carbonyl (C=O) groups is 2. The molecule has 2 amide bonds.